The fourth-order valence-electron chi connectivity index (χ4n) is 1.98. The van der Waals surface area contributed by atoms with Crippen LogP contribution in [0.5, 0.6) is 5.75 Å². The number of halogens is 1. The molecule has 2 aromatic carbocycles. The van der Waals surface area contributed by atoms with Gasteiger partial charge in [0.2, 0.25) is 0 Å². The summed E-state index contributed by atoms with van der Waals surface area (Å²) in [6.07, 6.45) is 0. The van der Waals surface area contributed by atoms with Gasteiger partial charge in [-0.15, -0.1) is 0 Å². The number of rotatable bonds is 6. The summed E-state index contributed by atoms with van der Waals surface area (Å²) >= 11 is 6.09. The summed E-state index contributed by atoms with van der Waals surface area (Å²) in [5.41, 5.74) is 3.14. The van der Waals surface area contributed by atoms with Crippen LogP contribution < -0.4 is 15.4 Å². The third-order valence-corrected chi connectivity index (χ3v) is 3.54. The minimum atomic E-state index is 0.785. The van der Waals surface area contributed by atoms with Gasteiger partial charge in [0, 0.05) is 23.8 Å². The van der Waals surface area contributed by atoms with E-state index in [4.69, 9.17) is 16.3 Å². The molecule has 0 unspecified atom stereocenters. The first-order valence-electron chi connectivity index (χ1n) is 6.58. The molecule has 0 aliphatic carbocycles. The maximum Gasteiger partial charge on any atom is 0.141 e. The zero-order chi connectivity index (χ0) is 14.4. The molecule has 2 rings (SSSR count). The van der Waals surface area contributed by atoms with E-state index >= 15 is 0 Å². The van der Waals surface area contributed by atoms with E-state index in [1.54, 1.807) is 7.11 Å². The molecule has 2 N–H and O–H groups in total. The van der Waals surface area contributed by atoms with E-state index in [1.165, 1.54) is 0 Å². The van der Waals surface area contributed by atoms with Crippen molar-refractivity contribution in [1.29, 1.82) is 0 Å². The molecule has 2 aromatic rings. The van der Waals surface area contributed by atoms with Gasteiger partial charge < -0.3 is 15.4 Å². The molecule has 0 spiro atoms. The van der Waals surface area contributed by atoms with E-state index < -0.39 is 0 Å². The Balaban J connectivity index is 1.86. The number of methoxy groups -OCH3 is 1. The summed E-state index contributed by atoms with van der Waals surface area (Å²) in [5, 5.41) is 7.51. The average molecular weight is 291 g/mol. The normalized spacial score (nSPS) is 10.2. The Kier molecular flexibility index (Phi) is 5.13. The van der Waals surface area contributed by atoms with E-state index in [2.05, 4.69) is 10.6 Å². The van der Waals surface area contributed by atoms with Crippen LogP contribution in [-0.4, -0.2) is 20.2 Å². The van der Waals surface area contributed by atoms with Gasteiger partial charge in [0.1, 0.15) is 5.75 Å². The van der Waals surface area contributed by atoms with Gasteiger partial charge in [0.25, 0.3) is 0 Å². The molecule has 0 bridgehead atoms. The van der Waals surface area contributed by atoms with Crippen LogP contribution in [0.3, 0.4) is 0 Å². The van der Waals surface area contributed by atoms with Crippen LogP contribution in [0.2, 0.25) is 5.02 Å². The molecule has 0 amide bonds. The van der Waals surface area contributed by atoms with Crippen LogP contribution in [-0.2, 0) is 0 Å². The summed E-state index contributed by atoms with van der Waals surface area (Å²) < 4.78 is 5.30. The number of nitrogens with one attached hydrogen (secondary N) is 2. The van der Waals surface area contributed by atoms with E-state index in [0.717, 1.165) is 40.8 Å². The molecule has 0 aliphatic heterocycles. The highest BCUT2D eigenvalue weighted by molar-refractivity contribution is 6.31. The lowest BCUT2D eigenvalue weighted by Crippen LogP contribution is -2.14. The highest BCUT2D eigenvalue weighted by Gasteiger charge is 2.02. The molecule has 0 atom stereocenters. The molecule has 0 saturated heterocycles. The van der Waals surface area contributed by atoms with Crippen molar-refractivity contribution < 1.29 is 4.74 Å². The third kappa shape index (κ3) is 3.58. The molecule has 4 heteroatoms. The van der Waals surface area contributed by atoms with Crippen molar-refractivity contribution in [2.45, 2.75) is 6.92 Å². The van der Waals surface area contributed by atoms with Crippen molar-refractivity contribution in [2.24, 2.45) is 0 Å². The minimum Gasteiger partial charge on any atom is -0.495 e. The molecule has 0 aromatic heterocycles. The summed E-state index contributed by atoms with van der Waals surface area (Å²) in [6.45, 7) is 3.61. The van der Waals surface area contributed by atoms with Crippen molar-refractivity contribution in [3.05, 3.63) is 53.1 Å². The predicted octanol–water partition coefficient (Wildman–Crippen LogP) is 4.18. The van der Waals surface area contributed by atoms with Crippen molar-refractivity contribution in [1.82, 2.24) is 0 Å². The summed E-state index contributed by atoms with van der Waals surface area (Å²) in [6, 6.07) is 13.8. The highest BCUT2D eigenvalue weighted by Crippen LogP contribution is 2.24. The van der Waals surface area contributed by atoms with E-state index in [9.17, 15) is 0 Å². The predicted molar refractivity (Wildman–Crippen MR) is 86.2 cm³/mol. The minimum absolute atomic E-state index is 0.785. The van der Waals surface area contributed by atoms with Crippen LogP contribution >= 0.6 is 11.6 Å². The summed E-state index contributed by atoms with van der Waals surface area (Å²) in [5.74, 6) is 0.853. The second-order valence-electron chi connectivity index (χ2n) is 4.47. The Hall–Kier alpha value is -1.87. The molecule has 20 heavy (non-hydrogen) atoms. The average Bonchev–Trinajstić information content (AvgIpc) is 2.48. The smallest absolute Gasteiger partial charge is 0.141 e. The first-order valence-corrected chi connectivity index (χ1v) is 6.96. The highest BCUT2D eigenvalue weighted by atomic mass is 35.5. The lowest BCUT2D eigenvalue weighted by atomic mass is 10.2. The quantitative estimate of drug-likeness (QED) is 0.783. The molecule has 106 valence electrons. The van der Waals surface area contributed by atoms with Gasteiger partial charge >= 0.3 is 0 Å². The Morgan fingerprint density at radius 1 is 0.950 bits per heavy atom. The maximum atomic E-state index is 6.09. The summed E-state index contributed by atoms with van der Waals surface area (Å²) in [4.78, 5) is 0. The van der Waals surface area contributed by atoms with Gasteiger partial charge in [-0.3, -0.25) is 0 Å². The van der Waals surface area contributed by atoms with E-state index in [-0.39, 0.29) is 0 Å². The number of hydrogen-bond acceptors (Lipinski definition) is 3. The Morgan fingerprint density at radius 3 is 2.35 bits per heavy atom. The Labute approximate surface area is 124 Å². The SMILES string of the molecule is COc1ccccc1NCCNc1cccc(Cl)c1C. The fraction of sp³-hybridized carbons (Fsp3) is 0.250. The summed E-state index contributed by atoms with van der Waals surface area (Å²) in [7, 11) is 1.67. The van der Waals surface area contributed by atoms with Crippen LogP contribution in [0.15, 0.2) is 42.5 Å². The molecular formula is C16H19ClN2O. The van der Waals surface area contributed by atoms with Crippen molar-refractivity contribution in [3.8, 4) is 5.75 Å². The van der Waals surface area contributed by atoms with Crippen LogP contribution in [0, 0.1) is 6.92 Å². The molecular weight excluding hydrogens is 272 g/mol. The van der Waals surface area contributed by atoms with Crippen LogP contribution in [0.4, 0.5) is 11.4 Å². The van der Waals surface area contributed by atoms with Crippen LogP contribution in [0.1, 0.15) is 5.56 Å². The number of para-hydroxylation sites is 2. The first kappa shape index (κ1) is 14.5. The Morgan fingerprint density at radius 2 is 1.60 bits per heavy atom. The van der Waals surface area contributed by atoms with Crippen molar-refractivity contribution >= 4 is 23.0 Å². The van der Waals surface area contributed by atoms with E-state index in [0.29, 0.717) is 0 Å². The largest absolute Gasteiger partial charge is 0.495 e. The topological polar surface area (TPSA) is 33.3 Å². The number of anilines is 2. The zero-order valence-electron chi connectivity index (χ0n) is 11.7. The Bertz CT molecular complexity index is 572. The number of ether oxygens (including phenoxy) is 1. The molecule has 0 heterocycles. The van der Waals surface area contributed by atoms with Gasteiger partial charge in [-0.1, -0.05) is 29.8 Å². The van der Waals surface area contributed by atoms with Crippen LogP contribution in [0.25, 0.3) is 0 Å². The van der Waals surface area contributed by atoms with Gasteiger partial charge in [-0.25, -0.2) is 0 Å². The second-order valence-corrected chi connectivity index (χ2v) is 4.87. The van der Waals surface area contributed by atoms with Gasteiger partial charge in [-0.05, 0) is 36.8 Å². The molecule has 0 saturated carbocycles. The van der Waals surface area contributed by atoms with E-state index in [1.807, 2.05) is 49.4 Å². The van der Waals surface area contributed by atoms with Gasteiger partial charge in [-0.2, -0.15) is 0 Å². The fourth-order valence-corrected chi connectivity index (χ4v) is 2.16. The van der Waals surface area contributed by atoms with Crippen molar-refractivity contribution in [3.63, 3.8) is 0 Å². The molecule has 3 nitrogen and oxygen atoms in total. The number of hydrogen-bond donors (Lipinski definition) is 2. The zero-order valence-corrected chi connectivity index (χ0v) is 12.5. The van der Waals surface area contributed by atoms with Gasteiger partial charge in [0.05, 0.1) is 12.8 Å². The standard InChI is InChI=1S/C16H19ClN2O/c1-12-13(17)6-5-8-14(12)18-10-11-19-15-7-3-4-9-16(15)20-2/h3-9,18-19H,10-11H2,1-2H3. The molecule has 0 aliphatic rings. The molecule has 0 fully saturated rings. The molecule has 0 radical (unpaired) electrons. The first-order chi connectivity index (χ1) is 9.72. The lowest BCUT2D eigenvalue weighted by Gasteiger charge is -2.13. The monoisotopic (exact) mass is 290 g/mol. The second kappa shape index (κ2) is 7.06. The van der Waals surface area contributed by atoms with Gasteiger partial charge in [0.15, 0.2) is 0 Å². The third-order valence-electron chi connectivity index (χ3n) is 3.13. The maximum absolute atomic E-state index is 6.09. The lowest BCUT2D eigenvalue weighted by molar-refractivity contribution is 0.416. The van der Waals surface area contributed by atoms with Crippen molar-refractivity contribution in [2.75, 3.05) is 30.8 Å². The number of benzene rings is 2.